The highest BCUT2D eigenvalue weighted by molar-refractivity contribution is 5.95. The van der Waals surface area contributed by atoms with Crippen LogP contribution < -0.4 is 5.32 Å². The molecule has 1 unspecified atom stereocenters. The van der Waals surface area contributed by atoms with Crippen molar-refractivity contribution in [3.8, 4) is 0 Å². The molecule has 1 N–H and O–H groups in total. The van der Waals surface area contributed by atoms with E-state index in [4.69, 9.17) is 4.42 Å². The van der Waals surface area contributed by atoms with Gasteiger partial charge in [0.05, 0.1) is 6.26 Å². The number of benzene rings is 2. The highest BCUT2D eigenvalue weighted by atomic mass is 19.1. The lowest BCUT2D eigenvalue weighted by Crippen LogP contribution is -2.48. The number of hydrogen-bond acceptors (Lipinski definition) is 3. The Balaban J connectivity index is 1.74. The Bertz CT molecular complexity index is 909. The van der Waals surface area contributed by atoms with Gasteiger partial charge in [-0.3, -0.25) is 9.59 Å². The van der Waals surface area contributed by atoms with Crippen molar-refractivity contribution in [3.63, 3.8) is 0 Å². The van der Waals surface area contributed by atoms with Crippen LogP contribution in [0.4, 0.5) is 4.39 Å². The van der Waals surface area contributed by atoms with Gasteiger partial charge in [0.25, 0.3) is 5.91 Å². The topological polar surface area (TPSA) is 62.6 Å². The fourth-order valence-corrected chi connectivity index (χ4v) is 2.89. The van der Waals surface area contributed by atoms with Crippen molar-refractivity contribution in [2.75, 3.05) is 7.05 Å². The molecule has 5 nitrogen and oxygen atoms in total. The summed E-state index contributed by atoms with van der Waals surface area (Å²) in [6.07, 6.45) is 1.75. The van der Waals surface area contributed by atoms with Crippen molar-refractivity contribution in [3.05, 3.63) is 95.7 Å². The summed E-state index contributed by atoms with van der Waals surface area (Å²) in [7, 11) is 1.66. The van der Waals surface area contributed by atoms with E-state index in [0.717, 1.165) is 11.1 Å². The number of hydrogen-bond donors (Lipinski definition) is 1. The molecular formula is C22H21FN2O3. The van der Waals surface area contributed by atoms with Crippen LogP contribution >= 0.6 is 0 Å². The van der Waals surface area contributed by atoms with Crippen molar-refractivity contribution in [1.82, 2.24) is 10.2 Å². The third-order valence-corrected chi connectivity index (χ3v) is 4.34. The Morgan fingerprint density at radius 2 is 1.71 bits per heavy atom. The van der Waals surface area contributed by atoms with Crippen LogP contribution in [-0.2, 0) is 17.8 Å². The summed E-state index contributed by atoms with van der Waals surface area (Å²) >= 11 is 0. The van der Waals surface area contributed by atoms with Crippen LogP contribution in [0, 0.1) is 5.82 Å². The molecule has 0 spiro atoms. The van der Waals surface area contributed by atoms with E-state index in [2.05, 4.69) is 5.32 Å². The van der Waals surface area contributed by atoms with Gasteiger partial charge in [-0.15, -0.1) is 0 Å². The lowest BCUT2D eigenvalue weighted by molar-refractivity contribution is -0.132. The molecule has 0 bridgehead atoms. The first-order valence-electron chi connectivity index (χ1n) is 8.90. The summed E-state index contributed by atoms with van der Waals surface area (Å²) in [6.45, 7) is 0.307. The standard InChI is InChI=1S/C22H21FN2O3/c1-25(15-17-9-11-18(23)12-10-17)22(27)19(14-16-6-3-2-4-7-16)24-21(26)20-8-5-13-28-20/h2-13,19H,14-15H2,1H3,(H,24,26). The Kier molecular flexibility index (Phi) is 6.22. The van der Waals surface area contributed by atoms with Crippen LogP contribution in [-0.4, -0.2) is 29.8 Å². The molecule has 2 aromatic carbocycles. The number of amides is 2. The van der Waals surface area contributed by atoms with E-state index in [0.29, 0.717) is 13.0 Å². The van der Waals surface area contributed by atoms with E-state index in [1.807, 2.05) is 30.3 Å². The molecule has 6 heteroatoms. The number of carbonyl (C=O) groups is 2. The van der Waals surface area contributed by atoms with Gasteiger partial charge in [-0.1, -0.05) is 42.5 Å². The van der Waals surface area contributed by atoms with E-state index in [9.17, 15) is 14.0 Å². The van der Waals surface area contributed by atoms with E-state index in [1.165, 1.54) is 23.3 Å². The number of furan rings is 1. The van der Waals surface area contributed by atoms with Crippen molar-refractivity contribution in [1.29, 1.82) is 0 Å². The molecule has 1 aromatic heterocycles. The van der Waals surface area contributed by atoms with Crippen molar-refractivity contribution >= 4 is 11.8 Å². The van der Waals surface area contributed by atoms with Crippen LogP contribution in [0.5, 0.6) is 0 Å². The molecule has 1 heterocycles. The van der Waals surface area contributed by atoms with Gasteiger partial charge >= 0.3 is 0 Å². The molecular weight excluding hydrogens is 359 g/mol. The van der Waals surface area contributed by atoms with Crippen LogP contribution in [0.25, 0.3) is 0 Å². The van der Waals surface area contributed by atoms with Gasteiger partial charge in [0.1, 0.15) is 11.9 Å². The normalized spacial score (nSPS) is 11.6. The minimum atomic E-state index is -0.759. The summed E-state index contributed by atoms with van der Waals surface area (Å²) < 4.78 is 18.2. The molecule has 1 atom stereocenters. The minimum Gasteiger partial charge on any atom is -0.459 e. The average molecular weight is 380 g/mol. The van der Waals surface area contributed by atoms with Gasteiger partial charge in [0.2, 0.25) is 5.91 Å². The van der Waals surface area contributed by atoms with E-state index >= 15 is 0 Å². The van der Waals surface area contributed by atoms with Gasteiger partial charge in [-0.05, 0) is 35.4 Å². The quantitative estimate of drug-likeness (QED) is 0.683. The Labute approximate surface area is 162 Å². The maximum atomic E-state index is 13.1. The van der Waals surface area contributed by atoms with Gasteiger partial charge in [0.15, 0.2) is 5.76 Å². The lowest BCUT2D eigenvalue weighted by atomic mass is 10.0. The molecule has 0 fully saturated rings. The lowest BCUT2D eigenvalue weighted by Gasteiger charge is -2.24. The smallest absolute Gasteiger partial charge is 0.287 e. The predicted molar refractivity (Wildman–Crippen MR) is 103 cm³/mol. The Morgan fingerprint density at radius 1 is 1.00 bits per heavy atom. The first-order chi connectivity index (χ1) is 13.5. The van der Waals surface area contributed by atoms with E-state index in [1.54, 1.807) is 31.3 Å². The van der Waals surface area contributed by atoms with Gasteiger partial charge in [-0.25, -0.2) is 4.39 Å². The van der Waals surface area contributed by atoms with Crippen LogP contribution in [0.3, 0.4) is 0 Å². The number of carbonyl (C=O) groups excluding carboxylic acids is 2. The summed E-state index contributed by atoms with van der Waals surface area (Å²) in [6, 6.07) is 17.8. The average Bonchev–Trinajstić information content (AvgIpc) is 3.24. The monoisotopic (exact) mass is 380 g/mol. The molecule has 3 aromatic rings. The third-order valence-electron chi connectivity index (χ3n) is 4.34. The Morgan fingerprint density at radius 3 is 2.36 bits per heavy atom. The van der Waals surface area contributed by atoms with Crippen molar-refractivity contribution in [2.45, 2.75) is 19.0 Å². The largest absolute Gasteiger partial charge is 0.459 e. The summed E-state index contributed by atoms with van der Waals surface area (Å²) in [5.74, 6) is -0.875. The number of likely N-dealkylation sites (N-methyl/N-ethyl adjacent to an activating group) is 1. The number of nitrogens with one attached hydrogen (secondary N) is 1. The highest BCUT2D eigenvalue weighted by Crippen LogP contribution is 2.11. The van der Waals surface area contributed by atoms with Crippen molar-refractivity contribution < 1.29 is 18.4 Å². The molecule has 3 rings (SSSR count). The highest BCUT2D eigenvalue weighted by Gasteiger charge is 2.25. The Hall–Kier alpha value is -3.41. The zero-order chi connectivity index (χ0) is 19.9. The molecule has 0 radical (unpaired) electrons. The predicted octanol–water partition coefficient (Wildman–Crippen LogP) is 3.42. The molecule has 0 aliphatic carbocycles. The van der Waals surface area contributed by atoms with E-state index in [-0.39, 0.29) is 17.5 Å². The molecule has 144 valence electrons. The summed E-state index contributed by atoms with van der Waals surface area (Å²) in [5, 5.41) is 2.76. The second kappa shape index (κ2) is 8.99. The second-order valence-electron chi connectivity index (χ2n) is 6.51. The molecule has 0 aliphatic rings. The van der Waals surface area contributed by atoms with Gasteiger partial charge in [-0.2, -0.15) is 0 Å². The zero-order valence-corrected chi connectivity index (χ0v) is 15.5. The van der Waals surface area contributed by atoms with Crippen LogP contribution in [0.1, 0.15) is 21.7 Å². The molecule has 2 amide bonds. The van der Waals surface area contributed by atoms with Gasteiger partial charge in [0, 0.05) is 20.0 Å². The zero-order valence-electron chi connectivity index (χ0n) is 15.5. The summed E-state index contributed by atoms with van der Waals surface area (Å²) in [4.78, 5) is 27.0. The van der Waals surface area contributed by atoms with E-state index < -0.39 is 11.9 Å². The molecule has 0 saturated heterocycles. The first-order valence-corrected chi connectivity index (χ1v) is 8.90. The molecule has 0 aliphatic heterocycles. The maximum absolute atomic E-state index is 13.1. The fourth-order valence-electron chi connectivity index (χ4n) is 2.89. The molecule has 0 saturated carbocycles. The van der Waals surface area contributed by atoms with Crippen LogP contribution in [0.2, 0.25) is 0 Å². The number of nitrogens with zero attached hydrogens (tertiary/aromatic N) is 1. The maximum Gasteiger partial charge on any atom is 0.287 e. The second-order valence-corrected chi connectivity index (χ2v) is 6.51. The van der Waals surface area contributed by atoms with Crippen LogP contribution in [0.15, 0.2) is 77.4 Å². The fraction of sp³-hybridized carbons (Fsp3) is 0.182. The summed E-state index contributed by atoms with van der Waals surface area (Å²) in [5.41, 5.74) is 1.73. The first kappa shape index (κ1) is 19.4. The molecule has 28 heavy (non-hydrogen) atoms. The number of rotatable bonds is 7. The minimum absolute atomic E-state index is 0.145. The number of halogens is 1. The van der Waals surface area contributed by atoms with Crippen molar-refractivity contribution in [2.24, 2.45) is 0 Å². The third kappa shape index (κ3) is 5.07. The SMILES string of the molecule is CN(Cc1ccc(F)cc1)C(=O)C(Cc1ccccc1)NC(=O)c1ccco1. The van der Waals surface area contributed by atoms with Gasteiger partial charge < -0.3 is 14.6 Å².